The number of carbonyl (C=O) groups is 4. The number of ether oxygens (including phenoxy) is 3. The molecule has 18 heteroatoms. The summed E-state index contributed by atoms with van der Waals surface area (Å²) < 4.78 is 41.9. The fourth-order valence-electron chi connectivity index (χ4n) is 3.01. The predicted molar refractivity (Wildman–Crippen MR) is 153 cm³/mol. The number of carbonyl (C=O) groups excluding carboxylic acids is 2. The van der Waals surface area contributed by atoms with Crippen molar-refractivity contribution in [2.75, 3.05) is 25.7 Å². The first-order chi connectivity index (χ1) is 20.3. The highest BCUT2D eigenvalue weighted by Gasteiger charge is 2.47. The molecule has 1 aliphatic rings. The molecule has 2 heterocycles. The molecule has 0 amide bonds. The van der Waals surface area contributed by atoms with Crippen LogP contribution in [-0.4, -0.2) is 79.1 Å². The minimum Gasteiger partial charge on any atom is -0.478 e. The maximum Gasteiger partial charge on any atom is 0.361 e. The Kier molecular flexibility index (Phi) is 12.1. The van der Waals surface area contributed by atoms with Crippen molar-refractivity contribution < 1.29 is 57.2 Å². The zero-order chi connectivity index (χ0) is 33.3. The molecule has 1 aliphatic carbocycles. The van der Waals surface area contributed by atoms with Gasteiger partial charge in [0.1, 0.15) is 11.9 Å². The van der Waals surface area contributed by atoms with Gasteiger partial charge in [-0.1, -0.05) is 0 Å². The van der Waals surface area contributed by atoms with E-state index in [-0.39, 0.29) is 5.95 Å². The molecule has 0 unspecified atom stereocenters. The van der Waals surface area contributed by atoms with E-state index in [1.165, 1.54) is 6.20 Å². The molecule has 0 saturated heterocycles. The van der Waals surface area contributed by atoms with Gasteiger partial charge in [-0.05, 0) is 54.4 Å². The van der Waals surface area contributed by atoms with Gasteiger partial charge >= 0.3 is 31.5 Å². The van der Waals surface area contributed by atoms with Crippen LogP contribution in [0.4, 0.5) is 5.95 Å². The fourth-order valence-corrected chi connectivity index (χ4v) is 4.09. The number of nitrogens with zero attached hydrogens (tertiary/aromatic N) is 4. The van der Waals surface area contributed by atoms with E-state index < -0.39 is 67.8 Å². The van der Waals surface area contributed by atoms with E-state index in [1.807, 2.05) is 0 Å². The van der Waals surface area contributed by atoms with Gasteiger partial charge in [-0.2, -0.15) is 4.98 Å². The third-order valence-corrected chi connectivity index (χ3v) is 7.09. The van der Waals surface area contributed by atoms with Crippen molar-refractivity contribution in [1.29, 1.82) is 0 Å². The van der Waals surface area contributed by atoms with Gasteiger partial charge in [0, 0.05) is 12.2 Å². The molecule has 2 aromatic rings. The molecule has 44 heavy (non-hydrogen) atoms. The van der Waals surface area contributed by atoms with Crippen LogP contribution >= 0.6 is 7.60 Å². The van der Waals surface area contributed by atoms with Crippen molar-refractivity contribution in [3.63, 3.8) is 0 Å². The van der Waals surface area contributed by atoms with Gasteiger partial charge in [-0.3, -0.25) is 23.2 Å². The zero-order valence-corrected chi connectivity index (χ0v) is 26.2. The first kappa shape index (κ1) is 36.3. The summed E-state index contributed by atoms with van der Waals surface area (Å²) in [5, 5.41) is 15.6. The van der Waals surface area contributed by atoms with Crippen LogP contribution in [0, 0.1) is 10.8 Å². The number of imidazole rings is 1. The molecule has 0 bridgehead atoms. The lowest BCUT2D eigenvalue weighted by Gasteiger charge is -2.24. The number of esters is 2. The van der Waals surface area contributed by atoms with Crippen LogP contribution in [0.3, 0.4) is 0 Å². The number of rotatable bonds is 13. The summed E-state index contributed by atoms with van der Waals surface area (Å²) in [4.78, 5) is 55.6. The minimum atomic E-state index is -3.99. The van der Waals surface area contributed by atoms with Crippen molar-refractivity contribution in [1.82, 2.24) is 19.5 Å². The third-order valence-electron chi connectivity index (χ3n) is 5.64. The second-order valence-electron chi connectivity index (χ2n) is 11.7. The van der Waals surface area contributed by atoms with Crippen LogP contribution < -0.4 is 5.73 Å². The lowest BCUT2D eigenvalue weighted by atomic mass is 9.98. The number of carboxylic acid groups (broad SMARTS) is 2. The van der Waals surface area contributed by atoms with Crippen LogP contribution in [-0.2, 0) is 53.5 Å². The largest absolute Gasteiger partial charge is 0.478 e. The molecule has 3 rings (SSSR count). The Morgan fingerprint density at radius 2 is 1.45 bits per heavy atom. The van der Waals surface area contributed by atoms with Crippen molar-refractivity contribution in [3.05, 3.63) is 24.7 Å². The van der Waals surface area contributed by atoms with Gasteiger partial charge in [0.15, 0.2) is 5.65 Å². The highest BCUT2D eigenvalue weighted by molar-refractivity contribution is 7.53. The summed E-state index contributed by atoms with van der Waals surface area (Å²) in [5.41, 5.74) is 4.64. The lowest BCUT2D eigenvalue weighted by molar-refractivity contribution is -0.162. The van der Waals surface area contributed by atoms with Crippen LogP contribution in [0.5, 0.6) is 0 Å². The fraction of sp³-hybridized carbons (Fsp3) is 0.577. The summed E-state index contributed by atoms with van der Waals surface area (Å²) in [5.74, 6) is -3.47. The van der Waals surface area contributed by atoms with Crippen molar-refractivity contribution in [2.45, 2.75) is 66.5 Å². The monoisotopic (exact) mass is 643 g/mol. The molecule has 0 aliphatic heterocycles. The summed E-state index contributed by atoms with van der Waals surface area (Å²) in [7, 11) is -3.99. The highest BCUT2D eigenvalue weighted by Crippen LogP contribution is 2.52. The summed E-state index contributed by atoms with van der Waals surface area (Å²) in [6, 6.07) is 0. The number of aliphatic carboxylic acids is 2. The Labute approximate surface area is 253 Å². The summed E-state index contributed by atoms with van der Waals surface area (Å²) in [6.07, 6.45) is 5.17. The quantitative estimate of drug-likeness (QED) is 0.123. The molecule has 2 aromatic heterocycles. The maximum atomic E-state index is 13.4. The van der Waals surface area contributed by atoms with Crippen molar-refractivity contribution in [2.24, 2.45) is 10.8 Å². The second kappa shape index (κ2) is 14.7. The number of nitrogens with two attached hydrogens (primary N) is 1. The van der Waals surface area contributed by atoms with Gasteiger partial charge in [0.2, 0.25) is 19.5 Å². The van der Waals surface area contributed by atoms with Crippen LogP contribution in [0.15, 0.2) is 24.7 Å². The molecule has 0 atom stereocenters. The second-order valence-corrected chi connectivity index (χ2v) is 13.7. The first-order valence-electron chi connectivity index (χ1n) is 13.2. The molecule has 17 nitrogen and oxygen atoms in total. The number of hydrogen-bond donors (Lipinski definition) is 3. The van der Waals surface area contributed by atoms with Gasteiger partial charge < -0.3 is 34.7 Å². The van der Waals surface area contributed by atoms with Gasteiger partial charge in [0.25, 0.3) is 0 Å². The van der Waals surface area contributed by atoms with E-state index in [4.69, 9.17) is 39.2 Å². The average molecular weight is 644 g/mol. The SMILES string of the molecule is CC(C)(C)C(=O)OCOP(=O)(COC1(Cn2cnc3cnc(N)nc32)CC1)OCOC(=O)C(C)(C)C.O=C(O)C=CC(=O)O. The smallest absolute Gasteiger partial charge is 0.361 e. The van der Waals surface area contributed by atoms with E-state index in [0.717, 1.165) is 0 Å². The number of hydrogen-bond acceptors (Lipinski definition) is 14. The molecule has 244 valence electrons. The van der Waals surface area contributed by atoms with Crippen LogP contribution in [0.25, 0.3) is 11.2 Å². The molecule has 0 spiro atoms. The maximum absolute atomic E-state index is 13.4. The molecule has 4 N–H and O–H groups in total. The van der Waals surface area contributed by atoms with E-state index in [2.05, 4.69) is 15.0 Å². The third kappa shape index (κ3) is 12.0. The predicted octanol–water partition coefficient (Wildman–Crippen LogP) is 2.95. The summed E-state index contributed by atoms with van der Waals surface area (Å²) >= 11 is 0. The average Bonchev–Trinajstić information content (AvgIpc) is 3.57. The van der Waals surface area contributed by atoms with Gasteiger partial charge in [-0.15, -0.1) is 0 Å². The number of aromatic nitrogens is 4. The molecule has 1 saturated carbocycles. The number of carboxylic acids is 2. The van der Waals surface area contributed by atoms with Gasteiger partial charge in [0.05, 0.1) is 35.5 Å². The number of fused-ring (bicyclic) bond motifs is 1. The Bertz CT molecular complexity index is 1370. The van der Waals surface area contributed by atoms with E-state index in [1.54, 1.807) is 52.4 Å². The number of nitrogen functional groups attached to an aromatic ring is 1. The minimum absolute atomic E-state index is 0.121. The van der Waals surface area contributed by atoms with E-state index >= 15 is 0 Å². The highest BCUT2D eigenvalue weighted by atomic mass is 31.2. The lowest BCUT2D eigenvalue weighted by Crippen LogP contribution is -2.26. The zero-order valence-electron chi connectivity index (χ0n) is 25.3. The van der Waals surface area contributed by atoms with Crippen LogP contribution in [0.1, 0.15) is 54.4 Å². The van der Waals surface area contributed by atoms with E-state index in [0.29, 0.717) is 42.7 Å². The van der Waals surface area contributed by atoms with Gasteiger partial charge in [-0.25, -0.2) is 19.6 Å². The van der Waals surface area contributed by atoms with E-state index in [9.17, 15) is 23.7 Å². The molecular weight excluding hydrogens is 605 g/mol. The Hall–Kier alpha value is -3.92. The first-order valence-corrected chi connectivity index (χ1v) is 14.9. The topological polar surface area (TPSA) is 242 Å². The Morgan fingerprint density at radius 3 is 1.89 bits per heavy atom. The van der Waals surface area contributed by atoms with Crippen molar-refractivity contribution >= 4 is 48.6 Å². The normalized spacial score (nSPS) is 14.5. The molecule has 0 radical (unpaired) electrons. The standard InChI is InChI=1S/C22H34N5O8P.C4H4O4/c1-20(2,3)17(28)31-12-34-36(30,35-13-32-18(29)21(4,5)6)14-33-22(7-8-22)10-27-11-25-15-9-24-19(23)26-16(15)27;5-3(6)1-2-4(7)8/h9,11H,7-8,10,12-14H2,1-6H3,(H2,23,24,26);1-2H,(H,5,6)(H,7,8). The summed E-state index contributed by atoms with van der Waals surface area (Å²) in [6.45, 7) is 9.21. The van der Waals surface area contributed by atoms with Crippen molar-refractivity contribution in [3.8, 4) is 0 Å². The molecular formula is C26H38N5O12P. The Balaban J connectivity index is 0.000000742. The Morgan fingerprint density at radius 1 is 0.955 bits per heavy atom. The van der Waals surface area contributed by atoms with Crippen LogP contribution in [0.2, 0.25) is 0 Å². The molecule has 0 aromatic carbocycles. The molecule has 1 fully saturated rings. The number of anilines is 1.